The monoisotopic (exact) mass is 672 g/mol. The Labute approximate surface area is 283 Å². The fraction of sp³-hybridized carbons (Fsp3) is 0.280. The van der Waals surface area contributed by atoms with Crippen LogP contribution < -0.4 is 0 Å². The summed E-state index contributed by atoms with van der Waals surface area (Å²) in [6, 6.07) is 24.0. The van der Waals surface area contributed by atoms with Crippen LogP contribution in [0.5, 0.6) is 0 Å². The van der Waals surface area contributed by atoms with Crippen LogP contribution in [-0.2, 0) is 112 Å². The molecule has 1 aliphatic carbocycles. The van der Waals surface area contributed by atoms with Crippen molar-refractivity contribution in [1.29, 1.82) is 0 Å². The zero-order chi connectivity index (χ0) is 21.3. The molecule has 0 aliphatic heterocycles. The van der Waals surface area contributed by atoms with Gasteiger partial charge in [0.2, 0.25) is 0 Å². The molecule has 3 rings (SSSR count). The Kier molecular flexibility index (Phi) is 97.7. The molecule has 2 aromatic carbocycles. The van der Waals surface area contributed by atoms with Crippen molar-refractivity contribution in [2.75, 3.05) is 0 Å². The number of ketones is 2. The van der Waals surface area contributed by atoms with Crippen molar-refractivity contribution < 1.29 is 112 Å². The molecule has 0 aromatic heterocycles. The molecule has 0 bridgehead atoms. The predicted molar refractivity (Wildman–Crippen MR) is 132 cm³/mol. The van der Waals surface area contributed by atoms with Crippen LogP contribution in [-0.4, -0.2) is 27.3 Å². The number of carbonyl (C=O) groups excluding carboxylic acids is 2. The number of carbonyl (C=O) groups is 2. The Hall–Kier alpha value is 1.29. The smallest absolute Gasteiger partial charge is 0.132 e. The topological polar surface area (TPSA) is 34.1 Å². The maximum atomic E-state index is 10.4. The van der Waals surface area contributed by atoms with Crippen LogP contribution in [0.25, 0.3) is 0 Å². The number of benzene rings is 2. The summed E-state index contributed by atoms with van der Waals surface area (Å²) < 4.78 is 0. The summed E-state index contributed by atoms with van der Waals surface area (Å²) >= 11 is 0. The fourth-order valence-electron chi connectivity index (χ4n) is 1.58. The molecule has 0 heterocycles. The second kappa shape index (κ2) is 54.3. The molecular formula is C25H38B2O2V2Y2-4. The summed E-state index contributed by atoms with van der Waals surface area (Å²) in [5, 5.41) is 0. The van der Waals surface area contributed by atoms with E-state index < -0.39 is 0 Å². The van der Waals surface area contributed by atoms with Crippen molar-refractivity contribution >= 4 is 27.3 Å². The second-order valence-electron chi connectivity index (χ2n) is 5.46. The van der Waals surface area contributed by atoms with E-state index in [-0.39, 0.29) is 123 Å². The van der Waals surface area contributed by atoms with E-state index >= 15 is 0 Å². The Morgan fingerprint density at radius 1 is 0.606 bits per heavy atom. The molecule has 176 valence electrons. The van der Waals surface area contributed by atoms with Crippen molar-refractivity contribution in [1.82, 2.24) is 0 Å². The van der Waals surface area contributed by atoms with Crippen molar-refractivity contribution in [2.24, 2.45) is 5.92 Å². The van der Waals surface area contributed by atoms with Crippen LogP contribution in [0.2, 0.25) is 0 Å². The van der Waals surface area contributed by atoms with E-state index in [9.17, 15) is 9.59 Å². The summed E-state index contributed by atoms with van der Waals surface area (Å²) in [5.74, 6) is 0.992. The molecule has 0 saturated heterocycles. The molecule has 8 radical (unpaired) electrons. The molecule has 0 spiro atoms. The molecule has 0 N–H and O–H groups in total. The zero-order valence-corrected chi connectivity index (χ0v) is 29.5. The van der Waals surface area contributed by atoms with Crippen LogP contribution >= 0.6 is 0 Å². The molecule has 2 nitrogen and oxygen atoms in total. The van der Waals surface area contributed by atoms with Gasteiger partial charge in [0.05, 0.1) is 0 Å². The molecule has 8 heteroatoms. The molecule has 2 aromatic rings. The van der Waals surface area contributed by atoms with Gasteiger partial charge in [0.25, 0.3) is 0 Å². The summed E-state index contributed by atoms with van der Waals surface area (Å²) in [4.78, 5) is 19.9. The van der Waals surface area contributed by atoms with Crippen LogP contribution in [0.3, 0.4) is 0 Å². The Morgan fingerprint density at radius 2 is 0.758 bits per heavy atom. The number of rotatable bonds is 1. The first-order chi connectivity index (χ1) is 13.0. The summed E-state index contributed by atoms with van der Waals surface area (Å²) in [6.45, 7) is 10.2. The second-order valence-corrected chi connectivity index (χ2v) is 5.46. The van der Waals surface area contributed by atoms with E-state index in [2.05, 4.69) is 29.3 Å². The minimum Gasteiger partial charge on any atom is -0.382 e. The quantitative estimate of drug-likeness (QED) is 0.270. The minimum atomic E-state index is 0. The Balaban J connectivity index is -0.0000000302. The maximum absolute atomic E-state index is 10.4. The third-order valence-corrected chi connectivity index (χ3v) is 3.01. The van der Waals surface area contributed by atoms with Crippen LogP contribution in [0, 0.1) is 34.4 Å². The van der Waals surface area contributed by atoms with E-state index in [0.717, 1.165) is 12.8 Å². The molecule has 1 aliphatic rings. The van der Waals surface area contributed by atoms with E-state index in [1.807, 2.05) is 72.8 Å². The van der Waals surface area contributed by atoms with E-state index in [4.69, 9.17) is 0 Å². The van der Waals surface area contributed by atoms with Crippen molar-refractivity contribution in [2.45, 2.75) is 40.0 Å². The SMILES string of the molecule is CC(=O)C1CCC1.CC(C)=O.[B][CH2-].[B][CH2-].[CH3-].[CH3-].[V].[V].[Y].[Y].c1ccccc1.c1ccccc1. The van der Waals surface area contributed by atoms with Gasteiger partial charge >= 0.3 is 0 Å². The Morgan fingerprint density at radius 3 is 0.788 bits per heavy atom. The normalized spacial score (nSPS) is 8.52. The first kappa shape index (κ1) is 59.4. The first-order valence-electron chi connectivity index (χ1n) is 8.83. The third kappa shape index (κ3) is 60.1. The Bertz CT molecular complexity index is 446. The third-order valence-electron chi connectivity index (χ3n) is 3.01. The van der Waals surface area contributed by atoms with Gasteiger partial charge < -0.3 is 33.3 Å². The van der Waals surface area contributed by atoms with E-state index in [1.54, 1.807) is 6.92 Å². The van der Waals surface area contributed by atoms with Gasteiger partial charge in [-0.1, -0.05) is 79.2 Å². The number of hydrogen-bond acceptors (Lipinski definition) is 2. The number of Topliss-reactive ketones (excluding diaryl/α,β-unsaturated/α-hetero) is 2. The molecule has 0 unspecified atom stereocenters. The average Bonchev–Trinajstić information content (AvgIpc) is 2.67. The molecule has 33 heavy (non-hydrogen) atoms. The van der Waals surface area contributed by atoms with Gasteiger partial charge in [0.15, 0.2) is 0 Å². The predicted octanol–water partition coefficient (Wildman–Crippen LogP) is 6.13. The molecular weight excluding hydrogens is 634 g/mol. The molecule has 1 saturated carbocycles. The minimum absolute atomic E-state index is 0. The van der Waals surface area contributed by atoms with Crippen LogP contribution in [0.4, 0.5) is 0 Å². The van der Waals surface area contributed by atoms with Crippen molar-refractivity contribution in [3.8, 4) is 0 Å². The van der Waals surface area contributed by atoms with Gasteiger partial charge in [-0.3, -0.25) is 4.79 Å². The van der Waals surface area contributed by atoms with Gasteiger partial charge in [-0.2, -0.15) is 15.7 Å². The van der Waals surface area contributed by atoms with Crippen molar-refractivity contribution in [3.05, 3.63) is 101 Å². The van der Waals surface area contributed by atoms with Gasteiger partial charge in [-0.25, -0.2) is 0 Å². The first-order valence-corrected chi connectivity index (χ1v) is 8.83. The largest absolute Gasteiger partial charge is 0.382 e. The van der Waals surface area contributed by atoms with Gasteiger partial charge in [-0.15, -0.1) is 0 Å². The maximum Gasteiger partial charge on any atom is 0.132 e. The van der Waals surface area contributed by atoms with Crippen molar-refractivity contribution in [3.63, 3.8) is 0 Å². The van der Waals surface area contributed by atoms with Crippen LogP contribution in [0.15, 0.2) is 72.8 Å². The van der Waals surface area contributed by atoms with Gasteiger partial charge in [-0.05, 0) is 33.6 Å². The zero-order valence-electron chi connectivity index (χ0n) is 21.1. The standard InChI is InChI=1S/C6H10O.2C6H6.C3H6O.2CH2B.2CH3.2V.2Y/c1-5(7)6-3-2-4-6;2*1-2-4-6-5-3-1;1-3(2)4;2*1-2;;;;;;/h6H,2-4H2,1H3;2*1-6H;1-2H3;2*1H2;2*1H3;;;;/q;;;;4*-1;;;;. The molecule has 1 fully saturated rings. The van der Waals surface area contributed by atoms with Crippen LogP contribution in [0.1, 0.15) is 40.0 Å². The van der Waals surface area contributed by atoms with E-state index in [0.29, 0.717) is 11.7 Å². The van der Waals surface area contributed by atoms with E-state index in [1.165, 1.54) is 20.3 Å². The van der Waals surface area contributed by atoms with Gasteiger partial charge in [0.1, 0.15) is 11.6 Å². The average molecular weight is 672 g/mol. The summed E-state index contributed by atoms with van der Waals surface area (Å²) in [5.41, 5.74) is 0. The summed E-state index contributed by atoms with van der Waals surface area (Å²) in [7, 11) is 8.50. The molecule has 0 atom stereocenters. The van der Waals surface area contributed by atoms with Gasteiger partial charge in [0, 0.05) is 108 Å². The molecule has 0 amide bonds. The summed E-state index contributed by atoms with van der Waals surface area (Å²) in [6.07, 6.45) is 3.56. The number of hydrogen-bond donors (Lipinski definition) is 0. The fourth-order valence-corrected chi connectivity index (χ4v) is 1.58.